The molecular weight excluding hydrogens is 200 g/mol. The molecule has 0 saturated heterocycles. The van der Waals surface area contributed by atoms with Crippen LogP contribution in [0.2, 0.25) is 0 Å². The van der Waals surface area contributed by atoms with Crippen LogP contribution in [0.4, 0.5) is 4.39 Å². The Labute approximate surface area is 74.8 Å². The van der Waals surface area contributed by atoms with Crippen LogP contribution in [0.25, 0.3) is 0 Å². The fraction of sp³-hybridized carbons (Fsp3) is 0.600. The topological polar surface area (TPSA) is 99.1 Å². The minimum Gasteiger partial charge on any atom is -0.263 e. The number of hydrogen-bond acceptors (Lipinski definition) is 3. The summed E-state index contributed by atoms with van der Waals surface area (Å²) in [5.41, 5.74) is 0. The number of hydrogen-bond donors (Lipinski definition) is 3. The Hall–Kier alpha value is -0.910. The van der Waals surface area contributed by atoms with Crippen molar-refractivity contribution in [1.29, 1.82) is 0 Å². The van der Waals surface area contributed by atoms with Crippen LogP contribution in [-0.4, -0.2) is 31.6 Å². The van der Waals surface area contributed by atoms with Crippen molar-refractivity contribution in [3.63, 3.8) is 0 Å². The fourth-order valence-electron chi connectivity index (χ4n) is 0.586. The van der Waals surface area contributed by atoms with Gasteiger partial charge in [-0.2, -0.15) is 5.10 Å². The molecule has 3 N–H and O–H groups in total. The van der Waals surface area contributed by atoms with Crippen LogP contribution < -0.4 is 0 Å². The van der Waals surface area contributed by atoms with E-state index in [1.165, 1.54) is 6.33 Å². The first-order valence-electron chi connectivity index (χ1n) is 3.42. The first kappa shape index (κ1) is 12.1. The zero-order valence-electron chi connectivity index (χ0n) is 6.72. The van der Waals surface area contributed by atoms with E-state index in [1.807, 2.05) is 0 Å². The van der Waals surface area contributed by atoms with E-state index in [2.05, 4.69) is 15.2 Å². The lowest BCUT2D eigenvalue weighted by molar-refractivity contribution is 0.405. The smallest absolute Gasteiger partial charge is 0.263 e. The minimum absolute atomic E-state index is 0.291. The van der Waals surface area contributed by atoms with E-state index >= 15 is 0 Å². The van der Waals surface area contributed by atoms with Crippen molar-refractivity contribution in [1.82, 2.24) is 15.2 Å². The highest BCUT2D eigenvalue weighted by atomic mass is 31.1. The van der Waals surface area contributed by atoms with Crippen LogP contribution in [0.5, 0.6) is 0 Å². The third kappa shape index (κ3) is 9.00. The van der Waals surface area contributed by atoms with Crippen molar-refractivity contribution in [3.8, 4) is 0 Å². The zero-order chi connectivity index (χ0) is 10.1. The molecule has 0 aromatic carbocycles. The summed E-state index contributed by atoms with van der Waals surface area (Å²) in [5.74, 6) is 0.757. The van der Waals surface area contributed by atoms with Crippen molar-refractivity contribution in [2.24, 2.45) is 0 Å². The van der Waals surface area contributed by atoms with Gasteiger partial charge in [0.05, 0.1) is 6.67 Å². The van der Waals surface area contributed by atoms with Gasteiger partial charge in [-0.05, 0) is 6.42 Å². The second-order valence-electron chi connectivity index (χ2n) is 1.98. The molecule has 0 atom stereocenters. The third-order valence-electron chi connectivity index (χ3n) is 1.01. The first-order valence-corrected chi connectivity index (χ1v) is 4.58. The van der Waals surface area contributed by atoms with Crippen LogP contribution in [0.15, 0.2) is 6.33 Å². The number of H-pyrrole nitrogens is 1. The Bertz CT molecular complexity index is 227. The van der Waals surface area contributed by atoms with Gasteiger partial charge in [0.15, 0.2) is 0 Å². The molecule has 0 unspecified atom stereocenters. The molecule has 0 aliphatic carbocycles. The Kier molecular flexibility index (Phi) is 7.18. The number of aromatic nitrogens is 3. The molecule has 1 aromatic rings. The Balaban J connectivity index is 0.000000310. The van der Waals surface area contributed by atoms with Gasteiger partial charge in [-0.3, -0.25) is 9.49 Å². The largest absolute Gasteiger partial charge is 0.692 e. The highest BCUT2D eigenvalue weighted by molar-refractivity contribution is 7.30. The number of halogens is 1. The molecule has 74 valence electrons. The van der Waals surface area contributed by atoms with Crippen molar-refractivity contribution < 1.29 is 18.7 Å². The molecule has 1 rings (SSSR count). The van der Waals surface area contributed by atoms with E-state index in [1.54, 1.807) is 0 Å². The van der Waals surface area contributed by atoms with E-state index in [4.69, 9.17) is 14.4 Å². The van der Waals surface area contributed by atoms with Crippen LogP contribution in [0.3, 0.4) is 0 Å². The van der Waals surface area contributed by atoms with Crippen LogP contribution in [0, 0.1) is 0 Å². The monoisotopic (exact) mass is 210 g/mol. The van der Waals surface area contributed by atoms with E-state index in [0.717, 1.165) is 5.82 Å². The average Bonchev–Trinajstić information content (AvgIpc) is 2.51. The summed E-state index contributed by atoms with van der Waals surface area (Å²) in [6.07, 6.45) is 2.60. The van der Waals surface area contributed by atoms with Gasteiger partial charge in [-0.15, -0.1) is 9.79 Å². The van der Waals surface area contributed by atoms with E-state index in [0.29, 0.717) is 12.8 Å². The van der Waals surface area contributed by atoms with Crippen molar-refractivity contribution in [2.45, 2.75) is 12.8 Å². The lowest BCUT2D eigenvalue weighted by Gasteiger charge is -1.87. The first-order chi connectivity index (χ1) is 6.16. The molecule has 0 bridgehead atoms. The fourth-order valence-corrected chi connectivity index (χ4v) is 0.586. The molecule has 0 fully saturated rings. The van der Waals surface area contributed by atoms with E-state index < -0.39 is 8.25 Å². The maximum atomic E-state index is 11.5. The van der Waals surface area contributed by atoms with Gasteiger partial charge in [0.1, 0.15) is 12.2 Å². The van der Waals surface area contributed by atoms with Gasteiger partial charge in [0, 0.05) is 11.0 Å². The molecular formula is C5H10FN3O3P+. The standard InChI is InChI=1S/C5H8FN3.HO3P/c6-3-1-2-5-7-4-8-9-5;1-4(2)3/h4H,1-3H2,(H,7,8,9);(H-,1,2,3)/p+1. The quantitative estimate of drug-likeness (QED) is 0.624. The molecule has 6 nitrogen and oxygen atoms in total. The van der Waals surface area contributed by atoms with Gasteiger partial charge in [-0.25, -0.2) is 4.98 Å². The van der Waals surface area contributed by atoms with Gasteiger partial charge in [-0.1, -0.05) is 0 Å². The van der Waals surface area contributed by atoms with Gasteiger partial charge < -0.3 is 0 Å². The van der Waals surface area contributed by atoms with E-state index in [-0.39, 0.29) is 6.67 Å². The number of nitrogens with zero attached hydrogens (tertiary/aromatic N) is 2. The molecule has 8 heteroatoms. The second kappa shape index (κ2) is 7.72. The normalized spacial score (nSPS) is 8.85. The summed E-state index contributed by atoms with van der Waals surface area (Å²) >= 11 is 0. The third-order valence-corrected chi connectivity index (χ3v) is 1.01. The molecule has 0 radical (unpaired) electrons. The average molecular weight is 210 g/mol. The van der Waals surface area contributed by atoms with Crippen LogP contribution in [-0.2, 0) is 11.0 Å². The predicted molar refractivity (Wildman–Crippen MR) is 42.7 cm³/mol. The number of rotatable bonds is 3. The Morgan fingerprint density at radius 3 is 2.62 bits per heavy atom. The Morgan fingerprint density at radius 1 is 1.62 bits per heavy atom. The maximum Gasteiger partial charge on any atom is 0.692 e. The van der Waals surface area contributed by atoms with Gasteiger partial charge in [0.25, 0.3) is 0 Å². The molecule has 0 saturated carbocycles. The summed E-state index contributed by atoms with van der Waals surface area (Å²) in [7, 11) is -2.87. The van der Waals surface area contributed by atoms with Crippen LogP contribution in [0.1, 0.15) is 12.2 Å². The van der Waals surface area contributed by atoms with Crippen molar-refractivity contribution >= 4 is 8.25 Å². The summed E-state index contributed by atoms with van der Waals surface area (Å²) in [6.45, 7) is -0.291. The SMILES string of the molecule is FCCCc1ncn[nH]1.O=[P+](O)O. The molecule has 0 aliphatic heterocycles. The number of nitrogens with one attached hydrogen (secondary N) is 1. The highest BCUT2D eigenvalue weighted by Crippen LogP contribution is 1.98. The molecule has 0 amide bonds. The number of alkyl halides is 1. The highest BCUT2D eigenvalue weighted by Gasteiger charge is 1.93. The minimum atomic E-state index is -2.87. The second-order valence-corrected chi connectivity index (χ2v) is 2.48. The van der Waals surface area contributed by atoms with Gasteiger partial charge >= 0.3 is 8.25 Å². The summed E-state index contributed by atoms with van der Waals surface area (Å²) in [6, 6.07) is 0. The number of aryl methyl sites for hydroxylation is 1. The van der Waals surface area contributed by atoms with Crippen molar-refractivity contribution in [3.05, 3.63) is 12.2 Å². The van der Waals surface area contributed by atoms with Gasteiger partial charge in [0.2, 0.25) is 0 Å². The lowest BCUT2D eigenvalue weighted by atomic mass is 10.3. The Morgan fingerprint density at radius 2 is 2.23 bits per heavy atom. The summed E-state index contributed by atoms with van der Waals surface area (Å²) < 4.78 is 20.2. The van der Waals surface area contributed by atoms with Crippen molar-refractivity contribution in [2.75, 3.05) is 6.67 Å². The molecule has 1 heterocycles. The molecule has 13 heavy (non-hydrogen) atoms. The maximum absolute atomic E-state index is 11.5. The summed E-state index contributed by atoms with van der Waals surface area (Å²) in [5, 5.41) is 6.26. The van der Waals surface area contributed by atoms with Crippen LogP contribution >= 0.6 is 8.25 Å². The summed E-state index contributed by atoms with van der Waals surface area (Å²) in [4.78, 5) is 18.1. The number of aromatic amines is 1. The van der Waals surface area contributed by atoms with E-state index in [9.17, 15) is 4.39 Å². The zero-order valence-corrected chi connectivity index (χ0v) is 7.62. The molecule has 0 spiro atoms. The lowest BCUT2D eigenvalue weighted by Crippen LogP contribution is -1.88. The predicted octanol–water partition coefficient (Wildman–Crippen LogP) is 0.335. The molecule has 0 aliphatic rings. The molecule has 1 aromatic heterocycles.